The van der Waals surface area contributed by atoms with Gasteiger partial charge in [0.05, 0.1) is 5.16 Å². The molecule has 1 nitrogen and oxygen atoms in total. The third-order valence-corrected chi connectivity index (χ3v) is 0.574. The van der Waals surface area contributed by atoms with Crippen molar-refractivity contribution in [1.82, 2.24) is 0 Å². The Balaban J connectivity index is 3.27. The Hall–Kier alpha value is -0.460. The number of isothiocyanates is 1. The maximum atomic E-state index is 4.30. The smallest absolute Gasteiger partial charge is 0.0634 e. The Morgan fingerprint density at radius 3 is 3.00 bits per heavy atom. The van der Waals surface area contributed by atoms with Gasteiger partial charge in [-0.25, -0.2) is 4.99 Å². The monoisotopic (exact) mass is 113 g/mol. The van der Waals surface area contributed by atoms with E-state index in [0.717, 1.165) is 6.42 Å². The van der Waals surface area contributed by atoms with E-state index in [1.807, 2.05) is 13.0 Å². The highest BCUT2D eigenvalue weighted by Crippen LogP contribution is 1.77. The zero-order chi connectivity index (χ0) is 5.54. The van der Waals surface area contributed by atoms with Crippen LogP contribution in [0.15, 0.2) is 17.3 Å². The molecule has 0 N–H and O–H groups in total. The number of thiocarbonyl (C=S) groups is 1. The standard InChI is InChI=1S/C5H7NS/c1-2-3-4-6-5-7/h3-4H,2H2,1H3. The van der Waals surface area contributed by atoms with Gasteiger partial charge in [-0.1, -0.05) is 13.0 Å². The number of aliphatic imine (C=N–C) groups is 1. The first-order valence-electron chi connectivity index (χ1n) is 2.13. The predicted octanol–water partition coefficient (Wildman–Crippen LogP) is 2.01. The molecule has 0 spiro atoms. The minimum absolute atomic E-state index is 1.00. The van der Waals surface area contributed by atoms with Crippen molar-refractivity contribution in [2.24, 2.45) is 4.99 Å². The Labute approximate surface area is 48.8 Å². The zero-order valence-corrected chi connectivity index (χ0v) is 5.03. The lowest BCUT2D eigenvalue weighted by atomic mass is 10.5. The fourth-order valence-electron chi connectivity index (χ4n) is 0.189. The van der Waals surface area contributed by atoms with Crippen molar-refractivity contribution < 1.29 is 0 Å². The fourth-order valence-corrected chi connectivity index (χ4v) is 0.249. The van der Waals surface area contributed by atoms with Gasteiger partial charge in [0.15, 0.2) is 0 Å². The Bertz CT molecular complexity index is 101. The molecule has 0 aliphatic rings. The van der Waals surface area contributed by atoms with Crippen molar-refractivity contribution >= 4 is 17.4 Å². The first kappa shape index (κ1) is 6.54. The SMILES string of the molecule is CCC=CN=C=S. The average Bonchev–Trinajstić information content (AvgIpc) is 1.69. The van der Waals surface area contributed by atoms with E-state index < -0.39 is 0 Å². The summed E-state index contributed by atoms with van der Waals surface area (Å²) in [6.07, 6.45) is 4.56. The molecule has 0 rings (SSSR count). The molecule has 0 aliphatic heterocycles. The van der Waals surface area contributed by atoms with Crippen molar-refractivity contribution in [3.05, 3.63) is 12.3 Å². The van der Waals surface area contributed by atoms with Gasteiger partial charge in [-0.15, -0.1) is 0 Å². The van der Waals surface area contributed by atoms with Gasteiger partial charge in [-0.3, -0.25) is 0 Å². The molecule has 0 aliphatic carbocycles. The van der Waals surface area contributed by atoms with Gasteiger partial charge in [0.2, 0.25) is 0 Å². The van der Waals surface area contributed by atoms with Gasteiger partial charge in [0.25, 0.3) is 0 Å². The molecule has 0 radical (unpaired) electrons. The summed E-state index contributed by atoms with van der Waals surface area (Å²) in [4.78, 5) is 3.55. The Morgan fingerprint density at radius 2 is 2.57 bits per heavy atom. The van der Waals surface area contributed by atoms with Crippen molar-refractivity contribution in [3.63, 3.8) is 0 Å². The maximum Gasteiger partial charge on any atom is 0.0634 e. The van der Waals surface area contributed by atoms with Crippen LogP contribution >= 0.6 is 12.2 Å². The van der Waals surface area contributed by atoms with Crippen LogP contribution in [-0.4, -0.2) is 5.16 Å². The van der Waals surface area contributed by atoms with Crippen LogP contribution in [0.25, 0.3) is 0 Å². The first-order chi connectivity index (χ1) is 3.41. The van der Waals surface area contributed by atoms with Gasteiger partial charge in [0.1, 0.15) is 0 Å². The molecule has 0 heterocycles. The van der Waals surface area contributed by atoms with Crippen LogP contribution in [0.5, 0.6) is 0 Å². The van der Waals surface area contributed by atoms with Crippen molar-refractivity contribution in [2.45, 2.75) is 13.3 Å². The van der Waals surface area contributed by atoms with E-state index in [4.69, 9.17) is 0 Å². The third kappa shape index (κ3) is 5.54. The quantitative estimate of drug-likeness (QED) is 0.394. The summed E-state index contributed by atoms with van der Waals surface area (Å²) in [6.45, 7) is 2.04. The molecule has 0 saturated heterocycles. The number of rotatable bonds is 2. The first-order valence-corrected chi connectivity index (χ1v) is 2.54. The molecule has 0 saturated carbocycles. The fraction of sp³-hybridized carbons (Fsp3) is 0.400. The van der Waals surface area contributed by atoms with Gasteiger partial charge < -0.3 is 0 Å². The second kappa shape index (κ2) is 5.54. The van der Waals surface area contributed by atoms with E-state index in [2.05, 4.69) is 22.4 Å². The maximum absolute atomic E-state index is 4.30. The van der Waals surface area contributed by atoms with Gasteiger partial charge in [-0.2, -0.15) is 0 Å². The normalized spacial score (nSPS) is 8.71. The number of nitrogens with zero attached hydrogens (tertiary/aromatic N) is 1. The highest BCUT2D eigenvalue weighted by atomic mass is 32.1. The molecule has 0 fully saturated rings. The average molecular weight is 113 g/mol. The van der Waals surface area contributed by atoms with Gasteiger partial charge in [0, 0.05) is 6.20 Å². The summed E-state index contributed by atoms with van der Waals surface area (Å²) in [5.74, 6) is 0. The highest BCUT2D eigenvalue weighted by Gasteiger charge is 1.57. The molecule has 0 aromatic heterocycles. The highest BCUT2D eigenvalue weighted by molar-refractivity contribution is 7.78. The van der Waals surface area contributed by atoms with Crippen molar-refractivity contribution in [3.8, 4) is 0 Å². The third-order valence-electron chi connectivity index (χ3n) is 0.468. The van der Waals surface area contributed by atoms with Crippen LogP contribution in [0.1, 0.15) is 13.3 Å². The summed E-state index contributed by atoms with van der Waals surface area (Å²) in [6, 6.07) is 0. The largest absolute Gasteiger partial charge is 0.203 e. The van der Waals surface area contributed by atoms with E-state index in [0.29, 0.717) is 0 Å². The molecule has 0 amide bonds. The molecule has 0 unspecified atom stereocenters. The topological polar surface area (TPSA) is 12.4 Å². The molecule has 0 aromatic rings. The molecule has 38 valence electrons. The second-order valence-electron chi connectivity index (χ2n) is 1.01. The lowest BCUT2D eigenvalue weighted by Gasteiger charge is -1.67. The Kier molecular flexibility index (Phi) is 5.18. The van der Waals surface area contributed by atoms with Crippen molar-refractivity contribution in [1.29, 1.82) is 0 Å². The van der Waals surface area contributed by atoms with E-state index in [1.54, 1.807) is 6.20 Å². The Morgan fingerprint density at radius 1 is 1.86 bits per heavy atom. The number of hydrogen-bond donors (Lipinski definition) is 0. The lowest BCUT2D eigenvalue weighted by Crippen LogP contribution is -1.48. The minimum Gasteiger partial charge on any atom is -0.203 e. The van der Waals surface area contributed by atoms with Crippen LogP contribution in [0.2, 0.25) is 0 Å². The van der Waals surface area contributed by atoms with Crippen LogP contribution < -0.4 is 0 Å². The molecule has 0 bridgehead atoms. The molecular formula is C5H7NS. The molecule has 2 heteroatoms. The summed E-state index contributed by atoms with van der Waals surface area (Å²) >= 11 is 4.30. The van der Waals surface area contributed by atoms with Crippen LogP contribution in [0.3, 0.4) is 0 Å². The van der Waals surface area contributed by atoms with Crippen LogP contribution in [-0.2, 0) is 0 Å². The summed E-state index contributed by atoms with van der Waals surface area (Å²) < 4.78 is 0. The predicted molar refractivity (Wildman–Crippen MR) is 34.5 cm³/mol. The molecular weight excluding hydrogens is 106 g/mol. The van der Waals surface area contributed by atoms with E-state index in [-0.39, 0.29) is 0 Å². The molecule has 0 aromatic carbocycles. The summed E-state index contributed by atoms with van der Waals surface area (Å²) in [7, 11) is 0. The lowest BCUT2D eigenvalue weighted by molar-refractivity contribution is 1.21. The summed E-state index contributed by atoms with van der Waals surface area (Å²) in [5, 5.41) is 2.22. The van der Waals surface area contributed by atoms with E-state index >= 15 is 0 Å². The number of hydrogen-bond acceptors (Lipinski definition) is 2. The van der Waals surface area contributed by atoms with E-state index in [9.17, 15) is 0 Å². The molecule has 0 atom stereocenters. The van der Waals surface area contributed by atoms with Gasteiger partial charge in [-0.05, 0) is 18.6 Å². The van der Waals surface area contributed by atoms with Crippen LogP contribution in [0, 0.1) is 0 Å². The summed E-state index contributed by atoms with van der Waals surface area (Å²) in [5.41, 5.74) is 0. The zero-order valence-electron chi connectivity index (χ0n) is 4.22. The number of allylic oxidation sites excluding steroid dienone is 1. The van der Waals surface area contributed by atoms with Crippen molar-refractivity contribution in [2.75, 3.05) is 0 Å². The minimum atomic E-state index is 1.00. The van der Waals surface area contributed by atoms with Crippen LogP contribution in [0.4, 0.5) is 0 Å². The second-order valence-corrected chi connectivity index (χ2v) is 1.20. The molecule has 7 heavy (non-hydrogen) atoms. The van der Waals surface area contributed by atoms with E-state index in [1.165, 1.54) is 0 Å². The van der Waals surface area contributed by atoms with Gasteiger partial charge >= 0.3 is 0 Å².